The van der Waals surface area contributed by atoms with E-state index in [4.69, 9.17) is 10.5 Å². The first-order chi connectivity index (χ1) is 7.69. The van der Waals surface area contributed by atoms with Crippen LogP contribution in [0.2, 0.25) is 0 Å². The van der Waals surface area contributed by atoms with Crippen molar-refractivity contribution < 1.29 is 9.53 Å². The molecular weight excluding hydrogens is 240 g/mol. The minimum Gasteiger partial charge on any atom is -0.370 e. The molecule has 0 saturated heterocycles. The Kier molecular flexibility index (Phi) is 7.54. The fourth-order valence-corrected chi connectivity index (χ4v) is 1.44. The van der Waals surface area contributed by atoms with Crippen LogP contribution in [0.1, 0.15) is 18.5 Å². The number of hydrogen-bond acceptors (Lipinski definition) is 3. The van der Waals surface area contributed by atoms with E-state index in [-0.39, 0.29) is 30.9 Å². The highest BCUT2D eigenvalue weighted by Crippen LogP contribution is 2.11. The molecule has 2 unspecified atom stereocenters. The SMILES string of the molecule is COC(CN)C(=O)NC(C)c1ccccc1.Cl. The Morgan fingerprint density at radius 3 is 2.47 bits per heavy atom. The number of methoxy groups -OCH3 is 1. The molecule has 1 aromatic carbocycles. The van der Waals surface area contributed by atoms with Crippen molar-refractivity contribution in [1.29, 1.82) is 0 Å². The van der Waals surface area contributed by atoms with E-state index in [1.54, 1.807) is 0 Å². The largest absolute Gasteiger partial charge is 0.370 e. The molecule has 5 heteroatoms. The van der Waals surface area contributed by atoms with Crippen molar-refractivity contribution in [3.63, 3.8) is 0 Å². The Balaban J connectivity index is 0.00000256. The van der Waals surface area contributed by atoms with Crippen molar-refractivity contribution in [2.24, 2.45) is 5.73 Å². The predicted molar refractivity (Wildman–Crippen MR) is 70.1 cm³/mol. The molecule has 2 atom stereocenters. The molecule has 0 aliphatic carbocycles. The Bertz CT molecular complexity index is 329. The van der Waals surface area contributed by atoms with Gasteiger partial charge in [-0.1, -0.05) is 30.3 Å². The summed E-state index contributed by atoms with van der Waals surface area (Å²) in [6.45, 7) is 2.11. The van der Waals surface area contributed by atoms with Gasteiger partial charge in [0.05, 0.1) is 6.04 Å². The van der Waals surface area contributed by atoms with Crippen LogP contribution in [-0.4, -0.2) is 25.7 Å². The Morgan fingerprint density at radius 2 is 2.00 bits per heavy atom. The molecule has 96 valence electrons. The smallest absolute Gasteiger partial charge is 0.250 e. The molecule has 3 N–H and O–H groups in total. The first kappa shape index (κ1) is 15.9. The molecule has 0 bridgehead atoms. The highest BCUT2D eigenvalue weighted by Gasteiger charge is 2.17. The predicted octanol–water partition coefficient (Wildman–Crippen LogP) is 1.26. The van der Waals surface area contributed by atoms with Crippen LogP contribution in [-0.2, 0) is 9.53 Å². The number of hydrogen-bond donors (Lipinski definition) is 2. The Morgan fingerprint density at radius 1 is 1.41 bits per heavy atom. The molecule has 1 rings (SSSR count). The zero-order chi connectivity index (χ0) is 12.0. The van der Waals surface area contributed by atoms with E-state index in [9.17, 15) is 4.79 Å². The second-order valence-electron chi connectivity index (χ2n) is 3.60. The van der Waals surface area contributed by atoms with Crippen LogP contribution < -0.4 is 11.1 Å². The van der Waals surface area contributed by atoms with E-state index in [0.29, 0.717) is 0 Å². The lowest BCUT2D eigenvalue weighted by Crippen LogP contribution is -2.41. The maximum absolute atomic E-state index is 11.7. The van der Waals surface area contributed by atoms with Gasteiger partial charge < -0.3 is 15.8 Å². The summed E-state index contributed by atoms with van der Waals surface area (Å²) in [7, 11) is 1.48. The number of carbonyl (C=O) groups excluding carboxylic acids is 1. The van der Waals surface area contributed by atoms with Crippen LogP contribution in [0.25, 0.3) is 0 Å². The maximum Gasteiger partial charge on any atom is 0.250 e. The summed E-state index contributed by atoms with van der Waals surface area (Å²) in [5.41, 5.74) is 6.47. The summed E-state index contributed by atoms with van der Waals surface area (Å²) >= 11 is 0. The van der Waals surface area contributed by atoms with Crippen molar-refractivity contribution in [3.8, 4) is 0 Å². The number of amides is 1. The van der Waals surface area contributed by atoms with Gasteiger partial charge in [-0.2, -0.15) is 0 Å². The quantitative estimate of drug-likeness (QED) is 0.836. The average Bonchev–Trinajstić information content (AvgIpc) is 2.31. The van der Waals surface area contributed by atoms with Gasteiger partial charge in [-0.3, -0.25) is 4.79 Å². The molecule has 0 spiro atoms. The molecule has 0 aromatic heterocycles. The Labute approximate surface area is 108 Å². The van der Waals surface area contributed by atoms with Crippen molar-refractivity contribution in [1.82, 2.24) is 5.32 Å². The first-order valence-corrected chi connectivity index (χ1v) is 5.27. The lowest BCUT2D eigenvalue weighted by molar-refractivity contribution is -0.131. The molecule has 4 nitrogen and oxygen atoms in total. The highest BCUT2D eigenvalue weighted by molar-refractivity contribution is 5.85. The standard InChI is InChI=1S/C12H18N2O2.ClH/c1-9(10-6-4-3-5-7-10)14-12(15)11(8-13)16-2;/h3-7,9,11H,8,13H2,1-2H3,(H,14,15);1H. The fraction of sp³-hybridized carbons (Fsp3) is 0.417. The van der Waals surface area contributed by atoms with Crippen molar-refractivity contribution in [3.05, 3.63) is 35.9 Å². The van der Waals surface area contributed by atoms with E-state index in [0.717, 1.165) is 5.56 Å². The van der Waals surface area contributed by atoms with Crippen molar-refractivity contribution >= 4 is 18.3 Å². The third kappa shape index (κ3) is 4.73. The second kappa shape index (κ2) is 8.06. The topological polar surface area (TPSA) is 64.3 Å². The van der Waals surface area contributed by atoms with Crippen LogP contribution in [0.15, 0.2) is 30.3 Å². The number of carbonyl (C=O) groups is 1. The van der Waals surface area contributed by atoms with E-state index < -0.39 is 6.10 Å². The van der Waals surface area contributed by atoms with Crippen LogP contribution >= 0.6 is 12.4 Å². The molecule has 0 aliphatic heterocycles. The summed E-state index contributed by atoms with van der Waals surface area (Å²) in [6, 6.07) is 9.71. The molecule has 0 radical (unpaired) electrons. The highest BCUT2D eigenvalue weighted by atomic mass is 35.5. The number of nitrogens with one attached hydrogen (secondary N) is 1. The molecular formula is C12H19ClN2O2. The van der Waals surface area contributed by atoms with Crippen molar-refractivity contribution in [2.75, 3.05) is 13.7 Å². The monoisotopic (exact) mass is 258 g/mol. The van der Waals surface area contributed by atoms with Crippen LogP contribution in [0.4, 0.5) is 0 Å². The van der Waals surface area contributed by atoms with Gasteiger partial charge in [0.25, 0.3) is 5.91 Å². The second-order valence-corrected chi connectivity index (χ2v) is 3.60. The molecule has 1 amide bonds. The summed E-state index contributed by atoms with van der Waals surface area (Å²) in [4.78, 5) is 11.7. The normalized spacial score (nSPS) is 13.4. The average molecular weight is 259 g/mol. The number of nitrogens with two attached hydrogens (primary N) is 1. The molecule has 0 saturated carbocycles. The van der Waals surface area contributed by atoms with Crippen LogP contribution in [0.5, 0.6) is 0 Å². The lowest BCUT2D eigenvalue weighted by atomic mass is 10.1. The van der Waals surface area contributed by atoms with E-state index in [1.807, 2.05) is 37.3 Å². The zero-order valence-corrected chi connectivity index (χ0v) is 10.9. The summed E-state index contributed by atoms with van der Waals surface area (Å²) in [6.07, 6.45) is -0.578. The van der Waals surface area contributed by atoms with E-state index >= 15 is 0 Å². The number of halogens is 1. The van der Waals surface area contributed by atoms with Crippen LogP contribution in [0, 0.1) is 0 Å². The Hall–Kier alpha value is -1.10. The first-order valence-electron chi connectivity index (χ1n) is 5.27. The van der Waals surface area contributed by atoms with Gasteiger partial charge in [-0.15, -0.1) is 12.4 Å². The van der Waals surface area contributed by atoms with Gasteiger partial charge in [0, 0.05) is 13.7 Å². The van der Waals surface area contributed by atoms with Gasteiger partial charge >= 0.3 is 0 Å². The maximum atomic E-state index is 11.7. The van der Waals surface area contributed by atoms with Gasteiger partial charge in [-0.25, -0.2) is 0 Å². The third-order valence-electron chi connectivity index (χ3n) is 2.45. The summed E-state index contributed by atoms with van der Waals surface area (Å²) < 4.78 is 4.96. The fourth-order valence-electron chi connectivity index (χ4n) is 1.44. The van der Waals surface area contributed by atoms with E-state index in [1.165, 1.54) is 7.11 Å². The molecule has 1 aromatic rings. The van der Waals surface area contributed by atoms with Crippen LogP contribution in [0.3, 0.4) is 0 Å². The number of benzene rings is 1. The van der Waals surface area contributed by atoms with Gasteiger partial charge in [0.15, 0.2) is 0 Å². The summed E-state index contributed by atoms with van der Waals surface area (Å²) in [5.74, 6) is -0.179. The van der Waals surface area contributed by atoms with Gasteiger partial charge in [0.1, 0.15) is 6.10 Å². The molecule has 0 fully saturated rings. The minimum atomic E-state index is -0.578. The van der Waals surface area contributed by atoms with E-state index in [2.05, 4.69) is 5.32 Å². The molecule has 0 aliphatic rings. The number of rotatable bonds is 5. The molecule has 0 heterocycles. The number of ether oxygens (including phenoxy) is 1. The van der Waals surface area contributed by atoms with Gasteiger partial charge in [-0.05, 0) is 12.5 Å². The summed E-state index contributed by atoms with van der Waals surface area (Å²) in [5, 5.41) is 2.85. The lowest BCUT2D eigenvalue weighted by Gasteiger charge is -2.18. The minimum absolute atomic E-state index is 0. The third-order valence-corrected chi connectivity index (χ3v) is 2.45. The zero-order valence-electron chi connectivity index (χ0n) is 10.1. The van der Waals surface area contributed by atoms with Crippen molar-refractivity contribution in [2.45, 2.75) is 19.1 Å². The van der Waals surface area contributed by atoms with Gasteiger partial charge in [0.2, 0.25) is 0 Å². The molecule has 17 heavy (non-hydrogen) atoms.